The Kier molecular flexibility index (Phi) is 3.52. The highest BCUT2D eigenvalue weighted by molar-refractivity contribution is 7.99. The average molecular weight is 161 g/mol. The highest BCUT2D eigenvalue weighted by Crippen LogP contribution is 2.17. The molecular formula is C7H15NOS. The molecule has 0 aliphatic carbocycles. The zero-order valence-electron chi connectivity index (χ0n) is 6.34. The fourth-order valence-electron chi connectivity index (χ4n) is 1.12. The molecule has 3 heteroatoms. The molecule has 0 amide bonds. The smallest absolute Gasteiger partial charge is 0.0582 e. The second-order valence-electron chi connectivity index (χ2n) is 2.81. The van der Waals surface area contributed by atoms with Gasteiger partial charge in [-0.15, -0.1) is 0 Å². The molecule has 0 saturated carbocycles. The van der Waals surface area contributed by atoms with Gasteiger partial charge < -0.3 is 10.4 Å². The second kappa shape index (κ2) is 4.21. The van der Waals surface area contributed by atoms with E-state index >= 15 is 0 Å². The maximum atomic E-state index is 8.73. The first-order valence-corrected chi connectivity index (χ1v) is 4.93. The van der Waals surface area contributed by atoms with E-state index in [2.05, 4.69) is 5.32 Å². The number of hydrogen-bond donors (Lipinski definition) is 2. The fourth-order valence-corrected chi connectivity index (χ4v) is 2.29. The number of aliphatic hydroxyl groups excluding tert-OH is 1. The van der Waals surface area contributed by atoms with Crippen LogP contribution in [0.25, 0.3) is 0 Å². The van der Waals surface area contributed by atoms with Gasteiger partial charge in [-0.3, -0.25) is 0 Å². The van der Waals surface area contributed by atoms with Crippen LogP contribution in [0.15, 0.2) is 0 Å². The van der Waals surface area contributed by atoms with Crippen LogP contribution in [0.3, 0.4) is 0 Å². The van der Waals surface area contributed by atoms with Crippen LogP contribution in [0, 0.1) is 0 Å². The first-order chi connectivity index (χ1) is 4.83. The minimum Gasteiger partial charge on any atom is -0.395 e. The molecule has 0 aromatic carbocycles. The van der Waals surface area contributed by atoms with Gasteiger partial charge in [0.2, 0.25) is 0 Å². The molecular weight excluding hydrogens is 146 g/mol. The van der Waals surface area contributed by atoms with Crippen LogP contribution in [-0.4, -0.2) is 35.3 Å². The highest BCUT2D eigenvalue weighted by Gasteiger charge is 2.16. The molecule has 1 aliphatic heterocycles. The zero-order valence-corrected chi connectivity index (χ0v) is 7.16. The third kappa shape index (κ3) is 2.48. The van der Waals surface area contributed by atoms with Crippen LogP contribution in [0.2, 0.25) is 0 Å². The Hall–Kier alpha value is 0.270. The molecule has 1 aliphatic rings. The summed E-state index contributed by atoms with van der Waals surface area (Å²) >= 11 is 1.99. The van der Waals surface area contributed by atoms with Gasteiger partial charge in [0.1, 0.15) is 0 Å². The van der Waals surface area contributed by atoms with Crippen molar-refractivity contribution in [3.8, 4) is 0 Å². The Balaban J connectivity index is 2.11. The van der Waals surface area contributed by atoms with Crippen molar-refractivity contribution in [1.82, 2.24) is 5.32 Å². The molecule has 0 unspecified atom stereocenters. The summed E-state index contributed by atoms with van der Waals surface area (Å²) in [4.78, 5) is 0. The number of nitrogens with one attached hydrogen (secondary N) is 1. The van der Waals surface area contributed by atoms with E-state index in [0.717, 1.165) is 0 Å². The molecule has 1 fully saturated rings. The van der Waals surface area contributed by atoms with Crippen LogP contribution < -0.4 is 5.32 Å². The molecule has 2 N–H and O–H groups in total. The summed E-state index contributed by atoms with van der Waals surface area (Å²) in [6.45, 7) is 2.27. The number of aliphatic hydroxyl groups is 1. The van der Waals surface area contributed by atoms with E-state index < -0.39 is 0 Å². The van der Waals surface area contributed by atoms with E-state index in [1.807, 2.05) is 18.7 Å². The molecule has 10 heavy (non-hydrogen) atoms. The fraction of sp³-hybridized carbons (Fsp3) is 1.00. The summed E-state index contributed by atoms with van der Waals surface area (Å²) in [6.07, 6.45) is 1.26. The number of thioether (sulfide) groups is 1. The topological polar surface area (TPSA) is 32.3 Å². The van der Waals surface area contributed by atoms with E-state index in [9.17, 15) is 0 Å². The molecule has 1 heterocycles. The van der Waals surface area contributed by atoms with E-state index in [1.165, 1.54) is 17.9 Å². The van der Waals surface area contributed by atoms with E-state index in [4.69, 9.17) is 5.11 Å². The third-order valence-electron chi connectivity index (χ3n) is 1.72. The van der Waals surface area contributed by atoms with Crippen LogP contribution >= 0.6 is 11.8 Å². The predicted molar refractivity (Wildman–Crippen MR) is 45.4 cm³/mol. The first-order valence-electron chi connectivity index (χ1n) is 3.77. The summed E-state index contributed by atoms with van der Waals surface area (Å²) in [6, 6.07) is 0.913. The monoisotopic (exact) mass is 161 g/mol. The minimum absolute atomic E-state index is 0.251. The van der Waals surface area contributed by atoms with Gasteiger partial charge >= 0.3 is 0 Å². The molecule has 0 radical (unpaired) electrons. The normalized spacial score (nSPS) is 28.8. The molecule has 1 rings (SSSR count). The Bertz CT molecular complexity index is 93.6. The highest BCUT2D eigenvalue weighted by atomic mass is 32.2. The number of rotatable bonds is 3. The second-order valence-corrected chi connectivity index (χ2v) is 3.96. The maximum Gasteiger partial charge on any atom is 0.0582 e. The Morgan fingerprint density at radius 2 is 2.60 bits per heavy atom. The van der Waals surface area contributed by atoms with Gasteiger partial charge in [-0.1, -0.05) is 0 Å². The molecule has 2 atom stereocenters. The summed E-state index contributed by atoms with van der Waals surface area (Å²) in [5.74, 6) is 2.49. The Morgan fingerprint density at radius 1 is 1.80 bits per heavy atom. The van der Waals surface area contributed by atoms with Crippen molar-refractivity contribution in [1.29, 1.82) is 0 Å². The van der Waals surface area contributed by atoms with Gasteiger partial charge in [0.05, 0.1) is 6.61 Å². The zero-order chi connectivity index (χ0) is 7.40. The molecule has 1 saturated heterocycles. The van der Waals surface area contributed by atoms with Crippen molar-refractivity contribution >= 4 is 11.8 Å². The first kappa shape index (κ1) is 8.37. The number of hydrogen-bond acceptors (Lipinski definition) is 3. The summed E-state index contributed by atoms with van der Waals surface area (Å²) in [7, 11) is 0. The van der Waals surface area contributed by atoms with Gasteiger partial charge in [0.25, 0.3) is 0 Å². The third-order valence-corrected chi connectivity index (χ3v) is 2.89. The van der Waals surface area contributed by atoms with Gasteiger partial charge in [-0.2, -0.15) is 11.8 Å². The van der Waals surface area contributed by atoms with Crippen molar-refractivity contribution in [3.05, 3.63) is 0 Å². The van der Waals surface area contributed by atoms with Crippen LogP contribution in [-0.2, 0) is 0 Å². The average Bonchev–Trinajstić information content (AvgIpc) is 2.40. The predicted octanol–water partition coefficient (Wildman–Crippen LogP) is 0.462. The van der Waals surface area contributed by atoms with Gasteiger partial charge in [-0.05, 0) is 19.1 Å². The van der Waals surface area contributed by atoms with Gasteiger partial charge in [0, 0.05) is 17.8 Å². The van der Waals surface area contributed by atoms with E-state index in [1.54, 1.807) is 0 Å². The molecule has 0 aromatic rings. The SMILES string of the molecule is C[C@H](CO)N[C@H]1CCSC1. The summed E-state index contributed by atoms with van der Waals surface area (Å²) in [5.41, 5.74) is 0. The summed E-state index contributed by atoms with van der Waals surface area (Å²) < 4.78 is 0. The van der Waals surface area contributed by atoms with E-state index in [0.29, 0.717) is 6.04 Å². The van der Waals surface area contributed by atoms with Crippen molar-refractivity contribution in [3.63, 3.8) is 0 Å². The van der Waals surface area contributed by atoms with Crippen LogP contribution in [0.1, 0.15) is 13.3 Å². The van der Waals surface area contributed by atoms with E-state index in [-0.39, 0.29) is 12.6 Å². The molecule has 2 nitrogen and oxygen atoms in total. The quantitative estimate of drug-likeness (QED) is 0.631. The van der Waals surface area contributed by atoms with Crippen LogP contribution in [0.5, 0.6) is 0 Å². The lowest BCUT2D eigenvalue weighted by molar-refractivity contribution is 0.243. The van der Waals surface area contributed by atoms with Gasteiger partial charge in [0.15, 0.2) is 0 Å². The lowest BCUT2D eigenvalue weighted by Gasteiger charge is -2.15. The minimum atomic E-state index is 0.251. The largest absolute Gasteiger partial charge is 0.395 e. The Morgan fingerprint density at radius 3 is 3.10 bits per heavy atom. The summed E-state index contributed by atoms with van der Waals surface area (Å²) in [5, 5.41) is 12.1. The lowest BCUT2D eigenvalue weighted by Crippen LogP contribution is -2.38. The van der Waals surface area contributed by atoms with Gasteiger partial charge in [-0.25, -0.2) is 0 Å². The van der Waals surface area contributed by atoms with Crippen molar-refractivity contribution < 1.29 is 5.11 Å². The molecule has 0 aromatic heterocycles. The molecule has 60 valence electrons. The van der Waals surface area contributed by atoms with Crippen molar-refractivity contribution in [2.75, 3.05) is 18.1 Å². The van der Waals surface area contributed by atoms with Crippen molar-refractivity contribution in [2.45, 2.75) is 25.4 Å². The standard InChI is InChI=1S/C7H15NOS/c1-6(4-9)8-7-2-3-10-5-7/h6-9H,2-5H2,1H3/t6-,7+/m1/s1. The lowest BCUT2D eigenvalue weighted by atomic mass is 10.2. The Labute approximate surface area is 66.4 Å². The molecule has 0 spiro atoms. The van der Waals surface area contributed by atoms with Crippen LogP contribution in [0.4, 0.5) is 0 Å². The maximum absolute atomic E-state index is 8.73. The van der Waals surface area contributed by atoms with Crippen molar-refractivity contribution in [2.24, 2.45) is 0 Å². The molecule has 0 bridgehead atoms.